The van der Waals surface area contributed by atoms with Crippen molar-refractivity contribution in [1.82, 2.24) is 24.6 Å². The van der Waals surface area contributed by atoms with Gasteiger partial charge in [0, 0.05) is 36.0 Å². The Morgan fingerprint density at radius 2 is 1.94 bits per heavy atom. The third-order valence-corrected chi connectivity index (χ3v) is 5.65. The standard InChI is InChI=1S/C14H20N6O8S.C5H5N/c1-14(2,3)18(13(23)24)6-9-10-7(4-19(16-10)11(15)21)8-5-17(9)12(22)20(8)28-29(25,26)27;1-2-4-6-5-3-1/h4,8-9H,5-6H2,1-3H3,(H2,15,21)(H,23,24)(H,25,26,27);1-5H/t8-,9-;/m1./s1. The Morgan fingerprint density at radius 3 is 2.37 bits per heavy atom. The summed E-state index contributed by atoms with van der Waals surface area (Å²) in [5, 5.41) is 16.1. The van der Waals surface area contributed by atoms with Crippen LogP contribution in [0.2, 0.25) is 0 Å². The highest BCUT2D eigenvalue weighted by Crippen LogP contribution is 2.44. The summed E-state index contributed by atoms with van der Waals surface area (Å²) in [6, 6.07) is 1.99. The molecule has 0 aliphatic carbocycles. The number of fused-ring (bicyclic) bond motifs is 4. The lowest BCUT2D eigenvalue weighted by molar-refractivity contribution is -0.378. The number of primary amides is 1. The van der Waals surface area contributed by atoms with Gasteiger partial charge >= 0.3 is 22.5 Å². The lowest BCUT2D eigenvalue weighted by Gasteiger charge is -2.42. The molecule has 2 aliphatic rings. The van der Waals surface area contributed by atoms with Gasteiger partial charge in [-0.1, -0.05) is 6.07 Å². The first kappa shape index (κ1) is 25.9. The number of H-pyrrole nitrogens is 1. The number of nitrogens with zero attached hydrogens (tertiary/aromatic N) is 5. The number of nitrogens with one attached hydrogen (secondary N) is 1. The summed E-state index contributed by atoms with van der Waals surface area (Å²) in [5.41, 5.74) is 4.72. The van der Waals surface area contributed by atoms with E-state index in [0.717, 1.165) is 14.5 Å². The van der Waals surface area contributed by atoms with E-state index in [1.165, 1.54) is 6.20 Å². The fourth-order valence-electron chi connectivity index (χ4n) is 3.77. The van der Waals surface area contributed by atoms with Crippen molar-refractivity contribution < 1.29 is 41.7 Å². The molecule has 4 N–H and O–H groups in total. The van der Waals surface area contributed by atoms with Crippen LogP contribution in [0.25, 0.3) is 0 Å². The molecule has 1 fully saturated rings. The van der Waals surface area contributed by atoms with Crippen molar-refractivity contribution in [2.75, 3.05) is 13.1 Å². The molecule has 0 spiro atoms. The molecule has 0 aromatic carbocycles. The van der Waals surface area contributed by atoms with Gasteiger partial charge in [0.2, 0.25) is 0 Å². The minimum absolute atomic E-state index is 0.0957. The van der Waals surface area contributed by atoms with Gasteiger partial charge in [0.25, 0.3) is 0 Å². The molecule has 2 aliphatic heterocycles. The van der Waals surface area contributed by atoms with Crippen LogP contribution in [0.15, 0.2) is 36.8 Å². The molecule has 2 bridgehead atoms. The number of aromatic amines is 1. The van der Waals surface area contributed by atoms with Gasteiger partial charge in [-0.05, 0) is 20.8 Å². The monoisotopic (exact) mass is 511 g/mol. The van der Waals surface area contributed by atoms with Gasteiger partial charge in [-0.25, -0.2) is 14.6 Å². The molecule has 190 valence electrons. The highest BCUT2D eigenvalue weighted by molar-refractivity contribution is 7.80. The van der Waals surface area contributed by atoms with Gasteiger partial charge in [0.1, 0.15) is 12.1 Å². The van der Waals surface area contributed by atoms with Crippen LogP contribution in [0.5, 0.6) is 0 Å². The fourth-order valence-corrected chi connectivity index (χ4v) is 4.14. The third kappa shape index (κ3) is 5.67. The van der Waals surface area contributed by atoms with Crippen molar-refractivity contribution in [1.29, 1.82) is 0 Å². The van der Waals surface area contributed by atoms with E-state index in [2.05, 4.69) is 14.4 Å². The summed E-state index contributed by atoms with van der Waals surface area (Å²) >= 11 is 0. The second-order valence-electron chi connectivity index (χ2n) is 8.67. The SMILES string of the molecule is CC(C)(C)N(C[C@@H]1c2nn(C(N)=O)cc2[C@H]2CN1C(=O)N2OS(=O)(=O)O)C(=O)[O-].c1cc[nH+]cc1. The predicted octanol–water partition coefficient (Wildman–Crippen LogP) is -0.678. The Kier molecular flexibility index (Phi) is 7.00. The van der Waals surface area contributed by atoms with Crippen LogP contribution in [0, 0.1) is 0 Å². The van der Waals surface area contributed by atoms with E-state index in [1.54, 1.807) is 20.8 Å². The van der Waals surface area contributed by atoms with E-state index in [4.69, 9.17) is 10.3 Å². The van der Waals surface area contributed by atoms with Crippen LogP contribution in [-0.2, 0) is 14.7 Å². The molecule has 0 unspecified atom stereocenters. The summed E-state index contributed by atoms with van der Waals surface area (Å²) < 4.78 is 36.5. The Labute approximate surface area is 200 Å². The van der Waals surface area contributed by atoms with Crippen LogP contribution >= 0.6 is 0 Å². The minimum Gasteiger partial charge on any atom is -0.530 e. The summed E-state index contributed by atoms with van der Waals surface area (Å²) in [4.78, 5) is 40.9. The van der Waals surface area contributed by atoms with E-state index in [0.29, 0.717) is 5.06 Å². The lowest BCUT2D eigenvalue weighted by Crippen LogP contribution is -2.55. The normalized spacial score (nSPS) is 19.0. The number of carbonyl (C=O) groups is 3. The first-order valence-electron chi connectivity index (χ1n) is 10.3. The Morgan fingerprint density at radius 1 is 1.31 bits per heavy atom. The lowest BCUT2D eigenvalue weighted by atomic mass is 9.96. The highest BCUT2D eigenvalue weighted by Gasteiger charge is 2.52. The van der Waals surface area contributed by atoms with E-state index >= 15 is 0 Å². The molecule has 4 rings (SSSR count). The summed E-state index contributed by atoms with van der Waals surface area (Å²) in [5.74, 6) is 0. The number of nitrogens with two attached hydrogens (primary N) is 1. The maximum atomic E-state index is 12.7. The number of hydrogen-bond acceptors (Lipinski definition) is 8. The van der Waals surface area contributed by atoms with Gasteiger partial charge in [-0.3, -0.25) is 4.55 Å². The number of hydrogen-bond donors (Lipinski definition) is 2. The van der Waals surface area contributed by atoms with Crippen LogP contribution < -0.4 is 15.8 Å². The number of amides is 4. The first-order valence-corrected chi connectivity index (χ1v) is 11.6. The molecule has 4 amide bonds. The van der Waals surface area contributed by atoms with E-state index in [-0.39, 0.29) is 24.3 Å². The molecule has 2 aromatic heterocycles. The second kappa shape index (κ2) is 9.47. The molecule has 2 aromatic rings. The molecule has 0 radical (unpaired) electrons. The topological polar surface area (TPSA) is 206 Å². The van der Waals surface area contributed by atoms with Crippen LogP contribution in [0.4, 0.5) is 14.4 Å². The molecular weight excluding hydrogens is 486 g/mol. The summed E-state index contributed by atoms with van der Waals surface area (Å²) in [7, 11) is -5.02. The van der Waals surface area contributed by atoms with E-state index < -0.39 is 46.2 Å². The van der Waals surface area contributed by atoms with E-state index in [9.17, 15) is 27.9 Å². The zero-order chi connectivity index (χ0) is 26.1. The molecule has 1 saturated heterocycles. The molecule has 2 atom stereocenters. The molecule has 0 saturated carbocycles. The molecule has 4 heterocycles. The van der Waals surface area contributed by atoms with Crippen LogP contribution in [-0.4, -0.2) is 74.4 Å². The second-order valence-corrected chi connectivity index (χ2v) is 9.68. The number of carbonyl (C=O) groups excluding carboxylic acids is 3. The van der Waals surface area contributed by atoms with Gasteiger partial charge < -0.3 is 25.4 Å². The Balaban J connectivity index is 0.000000497. The molecule has 16 heteroatoms. The van der Waals surface area contributed by atoms with Gasteiger partial charge in [0.05, 0.1) is 18.3 Å². The zero-order valence-electron chi connectivity index (χ0n) is 19.1. The zero-order valence-corrected chi connectivity index (χ0v) is 19.9. The van der Waals surface area contributed by atoms with Crippen molar-refractivity contribution in [3.63, 3.8) is 0 Å². The van der Waals surface area contributed by atoms with Crippen LogP contribution in [0.3, 0.4) is 0 Å². The van der Waals surface area contributed by atoms with Crippen LogP contribution in [0.1, 0.15) is 44.1 Å². The first-order chi connectivity index (χ1) is 16.2. The molecule has 15 nitrogen and oxygen atoms in total. The third-order valence-electron chi connectivity index (χ3n) is 5.30. The minimum atomic E-state index is -5.02. The van der Waals surface area contributed by atoms with Gasteiger partial charge in [-0.15, -0.1) is 4.28 Å². The maximum absolute atomic E-state index is 12.7. The summed E-state index contributed by atoms with van der Waals surface area (Å²) in [6.07, 6.45) is 3.46. The Hall–Kier alpha value is -3.76. The average molecular weight is 512 g/mol. The number of aromatic nitrogens is 3. The number of pyridine rings is 1. The smallest absolute Gasteiger partial charge is 0.418 e. The highest BCUT2D eigenvalue weighted by atomic mass is 32.3. The van der Waals surface area contributed by atoms with E-state index in [1.807, 2.05) is 30.6 Å². The maximum Gasteiger partial charge on any atom is 0.418 e. The molecular formula is C19H25N7O8S. The van der Waals surface area contributed by atoms with Gasteiger partial charge in [-0.2, -0.15) is 23.3 Å². The summed E-state index contributed by atoms with van der Waals surface area (Å²) in [6.45, 7) is 4.50. The number of carboxylic acid groups (broad SMARTS) is 1. The van der Waals surface area contributed by atoms with Crippen molar-refractivity contribution >= 4 is 28.6 Å². The average Bonchev–Trinajstić information content (AvgIpc) is 3.31. The fraction of sp³-hybridized carbons (Fsp3) is 0.421. The van der Waals surface area contributed by atoms with Gasteiger partial charge in [0.15, 0.2) is 12.4 Å². The number of urea groups is 1. The Bertz CT molecular complexity index is 1180. The van der Waals surface area contributed by atoms with Crippen molar-refractivity contribution in [2.24, 2.45) is 5.73 Å². The van der Waals surface area contributed by atoms with Crippen molar-refractivity contribution in [2.45, 2.75) is 38.4 Å². The number of rotatable bonds is 4. The van der Waals surface area contributed by atoms with Crippen molar-refractivity contribution in [3.05, 3.63) is 48.0 Å². The quantitative estimate of drug-likeness (QED) is 0.498. The predicted molar refractivity (Wildman–Crippen MR) is 114 cm³/mol. The molecule has 35 heavy (non-hydrogen) atoms. The van der Waals surface area contributed by atoms with Crippen molar-refractivity contribution in [3.8, 4) is 0 Å². The number of hydroxylamine groups is 2. The largest absolute Gasteiger partial charge is 0.530 e.